The van der Waals surface area contributed by atoms with Crippen LogP contribution in [0.3, 0.4) is 0 Å². The number of amides is 1. The van der Waals surface area contributed by atoms with Crippen LogP contribution in [-0.2, 0) is 27.2 Å². The topological polar surface area (TPSA) is 104 Å². The van der Waals surface area contributed by atoms with Crippen molar-refractivity contribution >= 4 is 29.6 Å². The Bertz CT molecular complexity index is 728. The molecule has 1 saturated heterocycles. The van der Waals surface area contributed by atoms with E-state index in [0.717, 1.165) is 29.0 Å². The summed E-state index contributed by atoms with van der Waals surface area (Å²) >= 11 is 6.00. The SMILES string of the molecule is CC(C)(C)OC(=O)N1CCCC1C(=O)O.CCc1c(Cl)cccc1CCC(=O)O. The Labute approximate surface area is 176 Å². The highest BCUT2D eigenvalue weighted by molar-refractivity contribution is 6.31. The van der Waals surface area contributed by atoms with E-state index >= 15 is 0 Å². The molecule has 1 aliphatic rings. The summed E-state index contributed by atoms with van der Waals surface area (Å²) in [7, 11) is 0. The Kier molecular flexibility index (Phi) is 9.43. The van der Waals surface area contributed by atoms with Gasteiger partial charge in [0.2, 0.25) is 0 Å². The number of aryl methyl sites for hydroxylation is 1. The summed E-state index contributed by atoms with van der Waals surface area (Å²) in [5.74, 6) is -1.73. The van der Waals surface area contributed by atoms with E-state index in [0.29, 0.717) is 19.4 Å². The molecule has 0 saturated carbocycles. The van der Waals surface area contributed by atoms with Gasteiger partial charge in [-0.3, -0.25) is 9.69 Å². The number of halogens is 1. The Balaban J connectivity index is 0.000000291. The number of ether oxygens (including phenoxy) is 1. The molecule has 1 fully saturated rings. The molecule has 1 aliphatic heterocycles. The van der Waals surface area contributed by atoms with Crippen molar-refractivity contribution in [3.05, 3.63) is 34.3 Å². The van der Waals surface area contributed by atoms with Crippen LogP contribution in [0.5, 0.6) is 0 Å². The summed E-state index contributed by atoms with van der Waals surface area (Å²) in [5, 5.41) is 18.2. The van der Waals surface area contributed by atoms with Crippen LogP contribution in [0.4, 0.5) is 4.79 Å². The normalized spacial score (nSPS) is 16.0. The predicted molar refractivity (Wildman–Crippen MR) is 110 cm³/mol. The van der Waals surface area contributed by atoms with Gasteiger partial charge in [-0.25, -0.2) is 9.59 Å². The minimum Gasteiger partial charge on any atom is -0.481 e. The first-order valence-electron chi connectivity index (χ1n) is 9.66. The van der Waals surface area contributed by atoms with Crippen LogP contribution in [0.1, 0.15) is 58.1 Å². The molecule has 2 rings (SSSR count). The molecule has 1 aromatic rings. The number of benzene rings is 1. The van der Waals surface area contributed by atoms with Crippen molar-refractivity contribution in [3.8, 4) is 0 Å². The molecule has 1 atom stereocenters. The van der Waals surface area contributed by atoms with Gasteiger partial charge in [0.25, 0.3) is 0 Å². The Morgan fingerprint density at radius 2 is 1.90 bits per heavy atom. The molecule has 0 bridgehead atoms. The summed E-state index contributed by atoms with van der Waals surface area (Å²) in [5.41, 5.74) is 1.53. The van der Waals surface area contributed by atoms with Gasteiger partial charge in [-0.15, -0.1) is 0 Å². The average molecular weight is 428 g/mol. The monoisotopic (exact) mass is 427 g/mol. The van der Waals surface area contributed by atoms with E-state index in [4.69, 9.17) is 26.6 Å². The number of carbonyl (C=O) groups excluding carboxylic acids is 1. The smallest absolute Gasteiger partial charge is 0.411 e. The van der Waals surface area contributed by atoms with E-state index in [9.17, 15) is 14.4 Å². The van der Waals surface area contributed by atoms with E-state index in [1.165, 1.54) is 4.90 Å². The fourth-order valence-corrected chi connectivity index (χ4v) is 3.37. The highest BCUT2D eigenvalue weighted by Crippen LogP contribution is 2.22. The van der Waals surface area contributed by atoms with Gasteiger partial charge in [0.1, 0.15) is 11.6 Å². The van der Waals surface area contributed by atoms with E-state index in [1.807, 2.05) is 25.1 Å². The number of likely N-dealkylation sites (tertiary alicyclic amines) is 1. The Morgan fingerprint density at radius 3 is 2.41 bits per heavy atom. The fraction of sp³-hybridized carbons (Fsp3) is 0.571. The summed E-state index contributed by atoms with van der Waals surface area (Å²) < 4.78 is 5.13. The first kappa shape index (κ1) is 24.8. The van der Waals surface area contributed by atoms with E-state index in [2.05, 4.69) is 0 Å². The highest BCUT2D eigenvalue weighted by atomic mass is 35.5. The molecule has 0 radical (unpaired) electrons. The molecule has 29 heavy (non-hydrogen) atoms. The number of nitrogens with zero attached hydrogens (tertiary/aromatic N) is 1. The largest absolute Gasteiger partial charge is 0.481 e. The quantitative estimate of drug-likeness (QED) is 0.722. The van der Waals surface area contributed by atoms with Crippen LogP contribution in [0, 0.1) is 0 Å². The molecule has 1 unspecified atom stereocenters. The number of carbonyl (C=O) groups is 3. The van der Waals surface area contributed by atoms with Gasteiger partial charge in [0.05, 0.1) is 0 Å². The lowest BCUT2D eigenvalue weighted by Gasteiger charge is -2.26. The standard InChI is InChI=1S/C11H13ClO2.C10H17NO4/c1-2-9-8(6-7-11(13)14)4-3-5-10(9)12;1-10(2,3)15-9(14)11-6-4-5-7(11)8(12)13/h3-5H,2,6-7H2,1H3,(H,13,14);7H,4-6H2,1-3H3,(H,12,13). The zero-order chi connectivity index (χ0) is 22.2. The van der Waals surface area contributed by atoms with Crippen LogP contribution < -0.4 is 0 Å². The molecule has 2 N–H and O–H groups in total. The third kappa shape index (κ3) is 8.31. The highest BCUT2D eigenvalue weighted by Gasteiger charge is 2.36. The lowest BCUT2D eigenvalue weighted by Crippen LogP contribution is -2.43. The van der Waals surface area contributed by atoms with Crippen LogP contribution in [0.15, 0.2) is 18.2 Å². The molecule has 1 amide bonds. The van der Waals surface area contributed by atoms with Crippen molar-refractivity contribution in [2.75, 3.05) is 6.54 Å². The van der Waals surface area contributed by atoms with Crippen LogP contribution in [-0.4, -0.2) is 51.3 Å². The van der Waals surface area contributed by atoms with Gasteiger partial charge in [-0.1, -0.05) is 30.7 Å². The van der Waals surface area contributed by atoms with E-state index < -0.39 is 29.7 Å². The van der Waals surface area contributed by atoms with Crippen molar-refractivity contribution in [1.82, 2.24) is 4.90 Å². The molecule has 0 spiro atoms. The zero-order valence-corrected chi connectivity index (χ0v) is 18.2. The van der Waals surface area contributed by atoms with Crippen molar-refractivity contribution < 1.29 is 29.3 Å². The molecular weight excluding hydrogens is 398 g/mol. The third-order valence-corrected chi connectivity index (χ3v) is 4.70. The van der Waals surface area contributed by atoms with Gasteiger partial charge in [0.15, 0.2) is 0 Å². The third-order valence-electron chi connectivity index (χ3n) is 4.34. The van der Waals surface area contributed by atoms with E-state index in [-0.39, 0.29) is 6.42 Å². The minimum absolute atomic E-state index is 0.160. The number of hydrogen-bond donors (Lipinski definition) is 2. The molecule has 8 heteroatoms. The maximum absolute atomic E-state index is 11.6. The second-order valence-corrected chi connectivity index (χ2v) is 8.20. The second-order valence-electron chi connectivity index (χ2n) is 7.79. The summed E-state index contributed by atoms with van der Waals surface area (Å²) in [6.45, 7) is 7.77. The van der Waals surface area contributed by atoms with Gasteiger partial charge in [-0.05, 0) is 63.6 Å². The number of aliphatic carboxylic acids is 2. The lowest BCUT2D eigenvalue weighted by atomic mass is 10.0. The van der Waals surface area contributed by atoms with E-state index in [1.54, 1.807) is 20.8 Å². The maximum atomic E-state index is 11.6. The van der Waals surface area contributed by atoms with Crippen molar-refractivity contribution in [1.29, 1.82) is 0 Å². The molecule has 0 aromatic heterocycles. The molecule has 1 heterocycles. The van der Waals surface area contributed by atoms with Crippen molar-refractivity contribution in [2.45, 2.75) is 71.4 Å². The van der Waals surface area contributed by atoms with Crippen molar-refractivity contribution in [3.63, 3.8) is 0 Å². The van der Waals surface area contributed by atoms with Crippen LogP contribution in [0.2, 0.25) is 5.02 Å². The second kappa shape index (κ2) is 11.0. The first-order chi connectivity index (χ1) is 13.5. The number of carboxylic acid groups (broad SMARTS) is 2. The maximum Gasteiger partial charge on any atom is 0.411 e. The predicted octanol–water partition coefficient (Wildman–Crippen LogP) is 4.39. The number of carboxylic acids is 2. The van der Waals surface area contributed by atoms with Gasteiger partial charge in [-0.2, -0.15) is 0 Å². The average Bonchev–Trinajstić information content (AvgIpc) is 3.09. The van der Waals surface area contributed by atoms with Crippen LogP contribution >= 0.6 is 11.6 Å². The first-order valence-corrected chi connectivity index (χ1v) is 10.0. The van der Waals surface area contributed by atoms with Crippen molar-refractivity contribution in [2.24, 2.45) is 0 Å². The summed E-state index contributed by atoms with van der Waals surface area (Å²) in [4.78, 5) is 34.2. The lowest BCUT2D eigenvalue weighted by molar-refractivity contribution is -0.142. The number of rotatable bonds is 5. The van der Waals surface area contributed by atoms with Gasteiger partial charge in [0, 0.05) is 18.0 Å². The molecule has 7 nitrogen and oxygen atoms in total. The minimum atomic E-state index is -0.960. The Hall–Kier alpha value is -2.28. The number of hydrogen-bond acceptors (Lipinski definition) is 4. The molecule has 1 aromatic carbocycles. The fourth-order valence-electron chi connectivity index (χ4n) is 3.04. The molecule has 162 valence electrons. The van der Waals surface area contributed by atoms with Gasteiger partial charge < -0.3 is 14.9 Å². The summed E-state index contributed by atoms with van der Waals surface area (Å²) in [6, 6.07) is 4.91. The summed E-state index contributed by atoms with van der Waals surface area (Å²) in [6.07, 6.45) is 2.25. The molecule has 0 aliphatic carbocycles. The van der Waals surface area contributed by atoms with Gasteiger partial charge >= 0.3 is 18.0 Å². The van der Waals surface area contributed by atoms with Crippen LogP contribution in [0.25, 0.3) is 0 Å². The Morgan fingerprint density at radius 1 is 1.24 bits per heavy atom. The molecular formula is C21H30ClNO6. The zero-order valence-electron chi connectivity index (χ0n) is 17.4.